The highest BCUT2D eigenvalue weighted by molar-refractivity contribution is 6.33. The number of nitrogens with one attached hydrogen (secondary N) is 3. The minimum Gasteiger partial charge on any atom is -0.376 e. The molecule has 0 saturated carbocycles. The lowest BCUT2D eigenvalue weighted by atomic mass is 9.88. The standard InChI is InChI=1S/C23H30ClN5O2/c1-23(2)11-15(7-9-31-23)12-26-20-5-3-4-19(28-20)17-10-21(27-14-18(17)24)29-22(30)16-6-8-25-13-16/h3-5,10,14-16,25H,6-9,11-13H2,1-2H3,(H,26,28)(H,27,29,30)/t15-,16?/m1/s1. The summed E-state index contributed by atoms with van der Waals surface area (Å²) in [4.78, 5) is 21.4. The molecule has 0 spiro atoms. The van der Waals surface area contributed by atoms with Crippen LogP contribution in [0.3, 0.4) is 0 Å². The molecular weight excluding hydrogens is 414 g/mol. The summed E-state index contributed by atoms with van der Waals surface area (Å²) >= 11 is 6.42. The highest BCUT2D eigenvalue weighted by Crippen LogP contribution is 2.30. The Bertz CT molecular complexity index is 930. The number of amides is 1. The Morgan fingerprint density at radius 2 is 2.19 bits per heavy atom. The van der Waals surface area contributed by atoms with Gasteiger partial charge in [-0.1, -0.05) is 17.7 Å². The van der Waals surface area contributed by atoms with Crippen LogP contribution in [0.1, 0.15) is 33.1 Å². The van der Waals surface area contributed by atoms with Gasteiger partial charge >= 0.3 is 0 Å². The van der Waals surface area contributed by atoms with Crippen LogP contribution in [0.15, 0.2) is 30.5 Å². The van der Waals surface area contributed by atoms with E-state index in [9.17, 15) is 4.79 Å². The number of pyridine rings is 2. The van der Waals surface area contributed by atoms with Crippen LogP contribution in [-0.2, 0) is 9.53 Å². The second-order valence-electron chi connectivity index (χ2n) is 8.98. The fraction of sp³-hybridized carbons (Fsp3) is 0.522. The maximum absolute atomic E-state index is 12.4. The number of carbonyl (C=O) groups excluding carboxylic acids is 1. The Morgan fingerprint density at radius 1 is 1.32 bits per heavy atom. The molecule has 0 aliphatic carbocycles. The number of ether oxygens (including phenoxy) is 1. The van der Waals surface area contributed by atoms with Crippen LogP contribution in [0, 0.1) is 11.8 Å². The molecule has 4 heterocycles. The topological polar surface area (TPSA) is 88.2 Å². The molecule has 0 bridgehead atoms. The smallest absolute Gasteiger partial charge is 0.229 e. The molecule has 2 aliphatic heterocycles. The van der Waals surface area contributed by atoms with Crippen molar-refractivity contribution in [3.63, 3.8) is 0 Å². The van der Waals surface area contributed by atoms with Crippen LogP contribution in [0.5, 0.6) is 0 Å². The van der Waals surface area contributed by atoms with Gasteiger partial charge in [0.2, 0.25) is 5.91 Å². The van der Waals surface area contributed by atoms with Crippen molar-refractivity contribution in [1.82, 2.24) is 15.3 Å². The molecule has 2 aromatic heterocycles. The number of hydrogen-bond acceptors (Lipinski definition) is 6. The van der Waals surface area contributed by atoms with Crippen molar-refractivity contribution in [3.05, 3.63) is 35.5 Å². The van der Waals surface area contributed by atoms with Crippen molar-refractivity contribution in [2.24, 2.45) is 11.8 Å². The predicted molar refractivity (Wildman–Crippen MR) is 123 cm³/mol. The third kappa shape index (κ3) is 5.73. The SMILES string of the molecule is CC1(C)C[C@H](CNc2cccc(-c3cc(NC(=O)C4CCNC4)ncc3Cl)n2)CCO1. The van der Waals surface area contributed by atoms with Crippen molar-refractivity contribution in [3.8, 4) is 11.3 Å². The lowest BCUT2D eigenvalue weighted by Gasteiger charge is -2.35. The molecule has 1 amide bonds. The van der Waals surface area contributed by atoms with E-state index >= 15 is 0 Å². The zero-order valence-corrected chi connectivity index (χ0v) is 18.8. The summed E-state index contributed by atoms with van der Waals surface area (Å²) in [6.07, 6.45) is 4.47. The Balaban J connectivity index is 1.44. The van der Waals surface area contributed by atoms with Crippen LogP contribution in [-0.4, -0.2) is 47.7 Å². The van der Waals surface area contributed by atoms with E-state index in [1.807, 2.05) is 18.2 Å². The summed E-state index contributed by atoms with van der Waals surface area (Å²) in [5.41, 5.74) is 1.41. The molecule has 2 atom stereocenters. The molecule has 2 fully saturated rings. The number of hydrogen-bond donors (Lipinski definition) is 3. The molecule has 2 aliphatic rings. The largest absolute Gasteiger partial charge is 0.376 e. The van der Waals surface area contributed by atoms with Gasteiger partial charge in [-0.25, -0.2) is 9.97 Å². The number of anilines is 2. The average Bonchev–Trinajstić information content (AvgIpc) is 3.28. The van der Waals surface area contributed by atoms with Crippen LogP contribution in [0.4, 0.5) is 11.6 Å². The molecule has 8 heteroatoms. The maximum Gasteiger partial charge on any atom is 0.229 e. The van der Waals surface area contributed by atoms with E-state index in [-0.39, 0.29) is 17.4 Å². The van der Waals surface area contributed by atoms with Crippen LogP contribution >= 0.6 is 11.6 Å². The highest BCUT2D eigenvalue weighted by atomic mass is 35.5. The fourth-order valence-electron chi connectivity index (χ4n) is 4.27. The Kier molecular flexibility index (Phi) is 6.74. The highest BCUT2D eigenvalue weighted by Gasteiger charge is 2.28. The summed E-state index contributed by atoms with van der Waals surface area (Å²) in [5, 5.41) is 10.1. The summed E-state index contributed by atoms with van der Waals surface area (Å²) in [5.74, 6) is 1.79. The van der Waals surface area contributed by atoms with Crippen molar-refractivity contribution in [2.75, 3.05) is 36.9 Å². The van der Waals surface area contributed by atoms with Gasteiger partial charge in [0.1, 0.15) is 11.6 Å². The van der Waals surface area contributed by atoms with Gasteiger partial charge in [-0.15, -0.1) is 0 Å². The molecular formula is C23H30ClN5O2. The van der Waals surface area contributed by atoms with Gasteiger partial charge < -0.3 is 20.7 Å². The number of rotatable bonds is 6. The number of halogens is 1. The van der Waals surface area contributed by atoms with E-state index < -0.39 is 0 Å². The molecule has 0 aromatic carbocycles. The minimum absolute atomic E-state index is 0.0199. The number of aromatic nitrogens is 2. The molecule has 2 saturated heterocycles. The zero-order valence-electron chi connectivity index (χ0n) is 18.1. The Hall–Kier alpha value is -2.22. The lowest BCUT2D eigenvalue weighted by molar-refractivity contribution is -0.119. The summed E-state index contributed by atoms with van der Waals surface area (Å²) in [7, 11) is 0. The molecule has 1 unspecified atom stereocenters. The van der Waals surface area contributed by atoms with Crippen LogP contribution in [0.2, 0.25) is 5.02 Å². The molecule has 3 N–H and O–H groups in total. The van der Waals surface area contributed by atoms with Crippen molar-refractivity contribution < 1.29 is 9.53 Å². The van der Waals surface area contributed by atoms with Crippen molar-refractivity contribution in [2.45, 2.75) is 38.7 Å². The molecule has 7 nitrogen and oxygen atoms in total. The van der Waals surface area contributed by atoms with Gasteiger partial charge in [-0.3, -0.25) is 4.79 Å². The van der Waals surface area contributed by atoms with E-state index in [4.69, 9.17) is 21.3 Å². The van der Waals surface area contributed by atoms with Gasteiger partial charge in [-0.2, -0.15) is 0 Å². The normalized spacial score (nSPS) is 22.8. The Labute approximate surface area is 188 Å². The summed E-state index contributed by atoms with van der Waals surface area (Å²) < 4.78 is 5.81. The van der Waals surface area contributed by atoms with Gasteiger partial charge in [-0.05, 0) is 63.8 Å². The van der Waals surface area contributed by atoms with Gasteiger partial charge in [0, 0.05) is 31.5 Å². The fourth-order valence-corrected chi connectivity index (χ4v) is 4.47. The molecule has 166 valence electrons. The minimum atomic E-state index is -0.0696. The second kappa shape index (κ2) is 9.51. The zero-order chi connectivity index (χ0) is 21.8. The molecule has 0 radical (unpaired) electrons. The van der Waals surface area contributed by atoms with Crippen molar-refractivity contribution in [1.29, 1.82) is 0 Å². The van der Waals surface area contributed by atoms with E-state index in [1.165, 1.54) is 0 Å². The third-order valence-corrected chi connectivity index (χ3v) is 6.23. The first-order valence-corrected chi connectivity index (χ1v) is 11.3. The average molecular weight is 444 g/mol. The molecule has 4 rings (SSSR count). The van der Waals surface area contributed by atoms with E-state index in [0.717, 1.165) is 56.0 Å². The van der Waals surface area contributed by atoms with Gasteiger partial charge in [0.15, 0.2) is 0 Å². The summed E-state index contributed by atoms with van der Waals surface area (Å²) in [6, 6.07) is 7.61. The second-order valence-corrected chi connectivity index (χ2v) is 9.39. The van der Waals surface area contributed by atoms with Crippen molar-refractivity contribution >= 4 is 29.1 Å². The third-order valence-electron chi connectivity index (χ3n) is 5.93. The maximum atomic E-state index is 12.4. The first kappa shape index (κ1) is 22.0. The molecule has 2 aromatic rings. The predicted octanol–water partition coefficient (Wildman–Crippen LogP) is 3.96. The van der Waals surface area contributed by atoms with E-state index in [0.29, 0.717) is 23.3 Å². The van der Waals surface area contributed by atoms with Crippen LogP contribution in [0.25, 0.3) is 11.3 Å². The lowest BCUT2D eigenvalue weighted by Crippen LogP contribution is -2.36. The summed E-state index contributed by atoms with van der Waals surface area (Å²) in [6.45, 7) is 7.50. The Morgan fingerprint density at radius 3 is 2.97 bits per heavy atom. The quantitative estimate of drug-likeness (QED) is 0.626. The van der Waals surface area contributed by atoms with Gasteiger partial charge in [0.25, 0.3) is 0 Å². The molecule has 31 heavy (non-hydrogen) atoms. The monoisotopic (exact) mass is 443 g/mol. The van der Waals surface area contributed by atoms with E-state index in [1.54, 1.807) is 12.3 Å². The van der Waals surface area contributed by atoms with Crippen LogP contribution < -0.4 is 16.0 Å². The first-order chi connectivity index (χ1) is 14.9. The first-order valence-electron chi connectivity index (χ1n) is 10.9. The van der Waals surface area contributed by atoms with Gasteiger partial charge in [0.05, 0.1) is 22.2 Å². The number of nitrogens with zero attached hydrogens (tertiary/aromatic N) is 2. The number of carbonyl (C=O) groups is 1. The van der Waals surface area contributed by atoms with E-state index in [2.05, 4.69) is 34.8 Å².